The van der Waals surface area contributed by atoms with E-state index in [9.17, 15) is 9.90 Å². The summed E-state index contributed by atoms with van der Waals surface area (Å²) in [7, 11) is 3.82. The van der Waals surface area contributed by atoms with E-state index in [2.05, 4.69) is 35.9 Å². The van der Waals surface area contributed by atoms with E-state index >= 15 is 0 Å². The molecule has 7 atom stereocenters. The number of rotatable bonds is 2. The molecule has 0 radical (unpaired) electrons. The van der Waals surface area contributed by atoms with Gasteiger partial charge in [-0.05, 0) is 37.9 Å². The number of carboxylic acid groups (broad SMARTS) is 1. The first-order valence-corrected chi connectivity index (χ1v) is 10.00. The molecule has 4 aliphatic heterocycles. The number of methoxy groups -OCH3 is 1. The van der Waals surface area contributed by atoms with Crippen molar-refractivity contribution >= 4 is 11.7 Å². The van der Waals surface area contributed by atoms with Crippen LogP contribution in [0.5, 0.6) is 5.75 Å². The van der Waals surface area contributed by atoms with Crippen LogP contribution < -0.4 is 9.64 Å². The second-order valence-electron chi connectivity index (χ2n) is 9.14. The summed E-state index contributed by atoms with van der Waals surface area (Å²) in [5, 5.41) is 10.5. The fourth-order valence-corrected chi connectivity index (χ4v) is 7.45. The van der Waals surface area contributed by atoms with Gasteiger partial charge in [-0.3, -0.25) is 9.69 Å². The predicted octanol–water partition coefficient (Wildman–Crippen LogP) is 1.72. The Kier molecular flexibility index (Phi) is 2.87. The van der Waals surface area contributed by atoms with Crippen molar-refractivity contribution < 1.29 is 19.4 Å². The molecule has 27 heavy (non-hydrogen) atoms. The molecular formula is C21H26N2O4. The lowest BCUT2D eigenvalue weighted by atomic mass is 9.48. The van der Waals surface area contributed by atoms with Gasteiger partial charge in [0.15, 0.2) is 0 Å². The molecule has 7 unspecified atom stereocenters. The summed E-state index contributed by atoms with van der Waals surface area (Å²) in [6.07, 6.45) is 1.98. The van der Waals surface area contributed by atoms with Crippen molar-refractivity contribution in [1.29, 1.82) is 0 Å². The second-order valence-corrected chi connectivity index (χ2v) is 9.14. The monoisotopic (exact) mass is 370 g/mol. The fourth-order valence-electron chi connectivity index (χ4n) is 7.45. The van der Waals surface area contributed by atoms with Gasteiger partial charge in [-0.2, -0.15) is 0 Å². The SMILES string of the molecule is COc1ccc2c(c1)N(C)C1C3CC4C(C(=O)O)C21CCN3CC41OC1C. The highest BCUT2D eigenvalue weighted by Gasteiger charge is 2.76. The van der Waals surface area contributed by atoms with Gasteiger partial charge < -0.3 is 19.5 Å². The summed E-state index contributed by atoms with van der Waals surface area (Å²) in [5.74, 6) is -0.138. The molecule has 4 heterocycles. The van der Waals surface area contributed by atoms with Crippen molar-refractivity contribution in [3.05, 3.63) is 23.8 Å². The lowest BCUT2D eigenvalue weighted by Gasteiger charge is -2.63. The highest BCUT2D eigenvalue weighted by atomic mass is 16.6. The number of carbonyl (C=O) groups is 1. The van der Waals surface area contributed by atoms with Crippen molar-refractivity contribution in [2.45, 2.75) is 49.0 Å². The lowest BCUT2D eigenvalue weighted by Crippen LogP contribution is -2.76. The molecule has 6 nitrogen and oxygen atoms in total. The van der Waals surface area contributed by atoms with Gasteiger partial charge in [0.05, 0.1) is 25.2 Å². The van der Waals surface area contributed by atoms with Crippen molar-refractivity contribution in [2.24, 2.45) is 11.8 Å². The lowest BCUT2D eigenvalue weighted by molar-refractivity contribution is -0.165. The van der Waals surface area contributed by atoms with Crippen LogP contribution in [-0.2, 0) is 14.9 Å². The molecule has 1 aromatic carbocycles. The molecule has 0 aromatic heterocycles. The smallest absolute Gasteiger partial charge is 0.307 e. The average molecular weight is 370 g/mol. The molecule has 144 valence electrons. The van der Waals surface area contributed by atoms with E-state index in [1.165, 1.54) is 5.56 Å². The van der Waals surface area contributed by atoms with Gasteiger partial charge in [-0.25, -0.2) is 0 Å². The number of likely N-dealkylation sites (N-methyl/N-ethyl adjacent to an activating group) is 1. The molecule has 6 rings (SSSR count). The summed E-state index contributed by atoms with van der Waals surface area (Å²) in [4.78, 5) is 17.7. The Bertz CT molecular complexity index is 859. The van der Waals surface area contributed by atoms with Crippen molar-refractivity contribution in [3.63, 3.8) is 0 Å². The maximum absolute atomic E-state index is 12.7. The number of fused-ring (bicyclic) bond motifs is 3. The van der Waals surface area contributed by atoms with Crippen molar-refractivity contribution in [3.8, 4) is 5.75 Å². The van der Waals surface area contributed by atoms with Gasteiger partial charge in [0.1, 0.15) is 11.4 Å². The van der Waals surface area contributed by atoms with E-state index in [0.717, 1.165) is 37.4 Å². The Balaban J connectivity index is 1.60. The van der Waals surface area contributed by atoms with E-state index in [4.69, 9.17) is 9.47 Å². The van der Waals surface area contributed by atoms with Gasteiger partial charge in [-0.15, -0.1) is 0 Å². The molecule has 1 aliphatic carbocycles. The van der Waals surface area contributed by atoms with Crippen LogP contribution in [0.15, 0.2) is 18.2 Å². The molecule has 4 fully saturated rings. The Morgan fingerprint density at radius 3 is 2.85 bits per heavy atom. The number of benzene rings is 1. The molecule has 0 amide bonds. The first-order chi connectivity index (χ1) is 12.9. The minimum Gasteiger partial charge on any atom is -0.497 e. The molecule has 3 saturated heterocycles. The summed E-state index contributed by atoms with van der Waals surface area (Å²) >= 11 is 0. The summed E-state index contributed by atoms with van der Waals surface area (Å²) < 4.78 is 11.6. The molecule has 5 aliphatic rings. The van der Waals surface area contributed by atoms with E-state index < -0.39 is 11.9 Å². The van der Waals surface area contributed by atoms with Gasteiger partial charge in [0, 0.05) is 42.7 Å². The number of aliphatic carboxylic acids is 1. The summed E-state index contributed by atoms with van der Waals surface area (Å²) in [6, 6.07) is 6.80. The zero-order valence-corrected chi connectivity index (χ0v) is 16.0. The Hall–Kier alpha value is -1.79. The molecule has 1 spiro atoms. The van der Waals surface area contributed by atoms with E-state index in [0.29, 0.717) is 6.04 Å². The number of anilines is 1. The zero-order valence-electron chi connectivity index (χ0n) is 16.0. The number of ether oxygens (including phenoxy) is 2. The Labute approximate surface area is 159 Å². The third kappa shape index (κ3) is 1.64. The molecule has 6 heteroatoms. The van der Waals surface area contributed by atoms with E-state index in [-0.39, 0.29) is 29.1 Å². The van der Waals surface area contributed by atoms with Gasteiger partial charge >= 0.3 is 5.97 Å². The molecular weight excluding hydrogens is 344 g/mol. The largest absolute Gasteiger partial charge is 0.497 e. The van der Waals surface area contributed by atoms with Crippen LogP contribution in [0.4, 0.5) is 5.69 Å². The number of hydrogen-bond donors (Lipinski definition) is 1. The van der Waals surface area contributed by atoms with Crippen molar-refractivity contribution in [2.75, 3.05) is 32.1 Å². The minimum absolute atomic E-state index is 0.0873. The third-order valence-electron chi connectivity index (χ3n) is 8.50. The predicted molar refractivity (Wildman–Crippen MR) is 99.4 cm³/mol. The van der Waals surface area contributed by atoms with Crippen LogP contribution in [0, 0.1) is 11.8 Å². The van der Waals surface area contributed by atoms with Crippen LogP contribution in [0.25, 0.3) is 0 Å². The average Bonchev–Trinajstić information content (AvgIpc) is 3.21. The molecule has 1 saturated carbocycles. The van der Waals surface area contributed by atoms with Crippen LogP contribution in [0.3, 0.4) is 0 Å². The number of piperidine rings is 2. The van der Waals surface area contributed by atoms with E-state index in [1.54, 1.807) is 7.11 Å². The second kappa shape index (κ2) is 4.78. The highest BCUT2D eigenvalue weighted by molar-refractivity contribution is 5.79. The van der Waals surface area contributed by atoms with Crippen LogP contribution in [0.2, 0.25) is 0 Å². The Morgan fingerprint density at radius 2 is 2.19 bits per heavy atom. The third-order valence-corrected chi connectivity index (χ3v) is 8.50. The molecule has 1 aromatic rings. The molecule has 1 N–H and O–H groups in total. The van der Waals surface area contributed by atoms with Crippen LogP contribution >= 0.6 is 0 Å². The van der Waals surface area contributed by atoms with Crippen LogP contribution in [0.1, 0.15) is 25.3 Å². The quantitative estimate of drug-likeness (QED) is 0.800. The van der Waals surface area contributed by atoms with Gasteiger partial charge in [-0.1, -0.05) is 6.07 Å². The maximum Gasteiger partial charge on any atom is 0.307 e. The molecule has 3 bridgehead atoms. The van der Waals surface area contributed by atoms with Crippen LogP contribution in [-0.4, -0.2) is 67.0 Å². The zero-order chi connectivity index (χ0) is 18.7. The number of epoxide rings is 1. The normalized spacial score (nSPS) is 46.3. The number of hydrogen-bond acceptors (Lipinski definition) is 5. The topological polar surface area (TPSA) is 65.5 Å². The number of carboxylic acids is 1. The maximum atomic E-state index is 12.7. The van der Waals surface area contributed by atoms with Gasteiger partial charge in [0.25, 0.3) is 0 Å². The first kappa shape index (κ1) is 16.2. The fraction of sp³-hybridized carbons (Fsp3) is 0.667. The van der Waals surface area contributed by atoms with Gasteiger partial charge in [0.2, 0.25) is 0 Å². The minimum atomic E-state index is -0.655. The van der Waals surface area contributed by atoms with Crippen molar-refractivity contribution in [1.82, 2.24) is 4.90 Å². The number of nitrogens with zero attached hydrogens (tertiary/aromatic N) is 2. The first-order valence-electron chi connectivity index (χ1n) is 10.00. The van der Waals surface area contributed by atoms with E-state index in [1.807, 2.05) is 6.07 Å². The standard InChI is InChI=1S/C21H26N2O4/c1-11-21(27-11)10-23-7-6-20-13-5-4-12(26-3)8-15(13)22(2)18(20)16(23)9-14(21)17(20)19(24)25/h4-5,8,11,14,16-18H,6-7,9-10H2,1-3H3,(H,24,25). The Morgan fingerprint density at radius 1 is 1.41 bits per heavy atom. The summed E-state index contributed by atoms with van der Waals surface area (Å²) in [6.45, 7) is 3.94. The highest BCUT2D eigenvalue weighted by Crippen LogP contribution is 2.67. The summed E-state index contributed by atoms with van der Waals surface area (Å²) in [5.41, 5.74) is 1.73.